The second-order valence-electron chi connectivity index (χ2n) is 5.53. The highest BCUT2D eigenvalue weighted by Gasteiger charge is 2.33. The van der Waals surface area contributed by atoms with E-state index < -0.39 is 52.0 Å². The summed E-state index contributed by atoms with van der Waals surface area (Å²) in [6, 6.07) is 5.36. The van der Waals surface area contributed by atoms with Crippen molar-refractivity contribution in [3.05, 3.63) is 47.7 Å². The molecule has 1 heterocycles. The molecular formula is C16H13F5N2O4S. The molecule has 1 N–H and O–H groups in total. The Bertz CT molecular complexity index is 977. The SMILES string of the molecule is CS(=O)(=O)c1cccc(NC(=O)c2cc(C(F)(F)F)cnc2OCC(F)F)c1. The van der Waals surface area contributed by atoms with Crippen LogP contribution in [0.4, 0.5) is 27.6 Å². The smallest absolute Gasteiger partial charge is 0.417 e. The number of ether oxygens (including phenoxy) is 1. The van der Waals surface area contributed by atoms with Crippen molar-refractivity contribution in [1.29, 1.82) is 0 Å². The Hall–Kier alpha value is -2.76. The minimum atomic E-state index is -4.83. The number of nitrogens with one attached hydrogen (secondary N) is 1. The molecule has 1 amide bonds. The number of carbonyl (C=O) groups is 1. The van der Waals surface area contributed by atoms with Crippen molar-refractivity contribution in [2.24, 2.45) is 0 Å². The van der Waals surface area contributed by atoms with Crippen molar-refractivity contribution in [3.63, 3.8) is 0 Å². The average molecular weight is 424 g/mol. The Morgan fingerprint density at radius 3 is 2.50 bits per heavy atom. The van der Waals surface area contributed by atoms with Gasteiger partial charge in [0, 0.05) is 18.1 Å². The molecule has 6 nitrogen and oxygen atoms in total. The predicted octanol–water partition coefficient (Wildman–Crippen LogP) is 3.40. The van der Waals surface area contributed by atoms with Crippen LogP contribution in [0.3, 0.4) is 0 Å². The van der Waals surface area contributed by atoms with E-state index in [1.165, 1.54) is 18.2 Å². The number of halogens is 5. The third kappa shape index (κ3) is 5.62. The molecule has 0 spiro atoms. The quantitative estimate of drug-likeness (QED) is 0.719. The lowest BCUT2D eigenvalue weighted by atomic mass is 10.1. The Balaban J connectivity index is 2.39. The molecule has 12 heteroatoms. The fraction of sp³-hybridized carbons (Fsp3) is 0.250. The van der Waals surface area contributed by atoms with E-state index in [-0.39, 0.29) is 10.6 Å². The monoisotopic (exact) mass is 424 g/mol. The van der Waals surface area contributed by atoms with E-state index in [1.807, 2.05) is 0 Å². The van der Waals surface area contributed by atoms with Gasteiger partial charge in [0.2, 0.25) is 5.88 Å². The molecule has 0 unspecified atom stereocenters. The molecule has 0 fully saturated rings. The molecule has 152 valence electrons. The standard InChI is InChI=1S/C16H13F5N2O4S/c1-28(25,26)11-4-2-3-10(6-11)23-14(24)12-5-9(16(19,20)21)7-22-15(12)27-8-13(17)18/h2-7,13H,8H2,1H3,(H,23,24). The number of hydrogen-bond donors (Lipinski definition) is 1. The van der Waals surface area contributed by atoms with E-state index in [2.05, 4.69) is 15.0 Å². The second kappa shape index (κ2) is 8.09. The van der Waals surface area contributed by atoms with Crippen molar-refractivity contribution in [1.82, 2.24) is 4.98 Å². The number of anilines is 1. The summed E-state index contributed by atoms with van der Waals surface area (Å²) in [5, 5.41) is 2.20. The maximum absolute atomic E-state index is 12.9. The molecule has 0 bridgehead atoms. The summed E-state index contributed by atoms with van der Waals surface area (Å²) in [7, 11) is -3.60. The average Bonchev–Trinajstić information content (AvgIpc) is 2.58. The van der Waals surface area contributed by atoms with Crippen molar-refractivity contribution in [2.75, 3.05) is 18.2 Å². The van der Waals surface area contributed by atoms with Gasteiger partial charge in [-0.2, -0.15) is 13.2 Å². The topological polar surface area (TPSA) is 85.4 Å². The Labute approximate surface area is 156 Å². The normalized spacial score (nSPS) is 12.1. The highest BCUT2D eigenvalue weighted by molar-refractivity contribution is 7.90. The van der Waals surface area contributed by atoms with Gasteiger partial charge < -0.3 is 10.1 Å². The van der Waals surface area contributed by atoms with E-state index in [0.717, 1.165) is 12.3 Å². The van der Waals surface area contributed by atoms with Gasteiger partial charge in [-0.3, -0.25) is 4.79 Å². The van der Waals surface area contributed by atoms with Gasteiger partial charge in [0.05, 0.1) is 10.5 Å². The zero-order valence-electron chi connectivity index (χ0n) is 14.1. The summed E-state index contributed by atoms with van der Waals surface area (Å²) < 4.78 is 91.1. The number of pyridine rings is 1. The minimum absolute atomic E-state index is 0.0369. The fourth-order valence-electron chi connectivity index (χ4n) is 2.03. The summed E-state index contributed by atoms with van der Waals surface area (Å²) in [4.78, 5) is 15.6. The molecule has 0 saturated heterocycles. The van der Waals surface area contributed by atoms with Crippen LogP contribution in [0, 0.1) is 0 Å². The first-order chi connectivity index (χ1) is 12.9. The van der Waals surface area contributed by atoms with Gasteiger partial charge in [-0.05, 0) is 24.3 Å². The number of alkyl halides is 5. The predicted molar refractivity (Wildman–Crippen MR) is 88.2 cm³/mol. The molecule has 0 saturated carbocycles. The Morgan fingerprint density at radius 2 is 1.93 bits per heavy atom. The molecular weight excluding hydrogens is 411 g/mol. The number of amides is 1. The van der Waals surface area contributed by atoms with Gasteiger partial charge in [-0.15, -0.1) is 0 Å². The zero-order valence-corrected chi connectivity index (χ0v) is 14.9. The van der Waals surface area contributed by atoms with Crippen LogP contribution < -0.4 is 10.1 Å². The molecule has 0 radical (unpaired) electrons. The minimum Gasteiger partial charge on any atom is -0.471 e. The molecule has 0 aliphatic carbocycles. The second-order valence-corrected chi connectivity index (χ2v) is 7.55. The van der Waals surface area contributed by atoms with Crippen molar-refractivity contribution < 1.29 is 39.9 Å². The van der Waals surface area contributed by atoms with E-state index in [0.29, 0.717) is 12.3 Å². The van der Waals surface area contributed by atoms with Crippen LogP contribution in [-0.4, -0.2) is 38.6 Å². The summed E-state index contributed by atoms with van der Waals surface area (Å²) in [5.74, 6) is -1.86. The number of sulfone groups is 1. The maximum atomic E-state index is 12.9. The summed E-state index contributed by atoms with van der Waals surface area (Å²) in [5.41, 5.74) is -2.06. The summed E-state index contributed by atoms with van der Waals surface area (Å²) in [6.45, 7) is -1.18. The van der Waals surface area contributed by atoms with E-state index >= 15 is 0 Å². The van der Waals surface area contributed by atoms with Crippen LogP contribution in [0.5, 0.6) is 5.88 Å². The number of benzene rings is 1. The van der Waals surface area contributed by atoms with Crippen LogP contribution in [0.2, 0.25) is 0 Å². The molecule has 1 aromatic heterocycles. The first-order valence-corrected chi connectivity index (χ1v) is 9.36. The molecule has 28 heavy (non-hydrogen) atoms. The summed E-state index contributed by atoms with van der Waals surface area (Å²) in [6.07, 6.45) is -6.49. The van der Waals surface area contributed by atoms with E-state index in [9.17, 15) is 35.2 Å². The third-order valence-corrected chi connectivity index (χ3v) is 4.40. The first kappa shape index (κ1) is 21.5. The third-order valence-electron chi connectivity index (χ3n) is 3.29. The molecule has 0 atom stereocenters. The van der Waals surface area contributed by atoms with Crippen LogP contribution in [0.25, 0.3) is 0 Å². The van der Waals surface area contributed by atoms with Crippen LogP contribution in [-0.2, 0) is 16.0 Å². The lowest BCUT2D eigenvalue weighted by Gasteiger charge is -2.13. The lowest BCUT2D eigenvalue weighted by Crippen LogP contribution is -2.18. The van der Waals surface area contributed by atoms with Crippen LogP contribution >= 0.6 is 0 Å². The van der Waals surface area contributed by atoms with Gasteiger partial charge in [0.1, 0.15) is 5.56 Å². The van der Waals surface area contributed by atoms with Gasteiger partial charge in [0.25, 0.3) is 12.3 Å². The first-order valence-electron chi connectivity index (χ1n) is 7.47. The number of hydrogen-bond acceptors (Lipinski definition) is 5. The van der Waals surface area contributed by atoms with Crippen molar-refractivity contribution >= 4 is 21.4 Å². The molecule has 0 aliphatic heterocycles. The zero-order chi connectivity index (χ0) is 21.1. The number of nitrogens with zero attached hydrogens (tertiary/aromatic N) is 1. The largest absolute Gasteiger partial charge is 0.471 e. The molecule has 2 aromatic rings. The van der Waals surface area contributed by atoms with Crippen LogP contribution in [0.15, 0.2) is 41.4 Å². The van der Waals surface area contributed by atoms with E-state index in [1.54, 1.807) is 0 Å². The van der Waals surface area contributed by atoms with Crippen LogP contribution in [0.1, 0.15) is 15.9 Å². The molecule has 0 aliphatic rings. The molecule has 1 aromatic carbocycles. The Morgan fingerprint density at radius 1 is 1.25 bits per heavy atom. The highest BCUT2D eigenvalue weighted by atomic mass is 32.2. The van der Waals surface area contributed by atoms with Crippen molar-refractivity contribution in [3.8, 4) is 5.88 Å². The lowest BCUT2D eigenvalue weighted by molar-refractivity contribution is -0.137. The van der Waals surface area contributed by atoms with Gasteiger partial charge in [-0.1, -0.05) is 6.07 Å². The maximum Gasteiger partial charge on any atom is 0.417 e. The van der Waals surface area contributed by atoms with E-state index in [4.69, 9.17) is 0 Å². The summed E-state index contributed by atoms with van der Waals surface area (Å²) >= 11 is 0. The molecule has 2 rings (SSSR count). The highest BCUT2D eigenvalue weighted by Crippen LogP contribution is 2.31. The van der Waals surface area contributed by atoms with Gasteiger partial charge in [-0.25, -0.2) is 22.2 Å². The van der Waals surface area contributed by atoms with Gasteiger partial charge in [0.15, 0.2) is 16.4 Å². The fourth-order valence-corrected chi connectivity index (χ4v) is 2.70. The number of carbonyl (C=O) groups excluding carboxylic acids is 1. The Kier molecular flexibility index (Phi) is 6.22. The number of aromatic nitrogens is 1. The van der Waals surface area contributed by atoms with Gasteiger partial charge >= 0.3 is 6.18 Å². The van der Waals surface area contributed by atoms with Crippen molar-refractivity contribution in [2.45, 2.75) is 17.5 Å². The number of rotatable bonds is 6.